The number of likely N-dealkylation sites (N-methyl/N-ethyl adjacent to an activating group) is 1. The molecule has 3 aromatic rings. The summed E-state index contributed by atoms with van der Waals surface area (Å²) < 4.78 is 11.2. The highest BCUT2D eigenvalue weighted by molar-refractivity contribution is 9.10. The van der Waals surface area contributed by atoms with E-state index in [2.05, 4.69) is 102 Å². The molecule has 0 aliphatic carbocycles. The third-order valence-corrected chi connectivity index (χ3v) is 12.8. The third kappa shape index (κ3) is 5.22. The van der Waals surface area contributed by atoms with Crippen molar-refractivity contribution in [3.8, 4) is 5.69 Å². The van der Waals surface area contributed by atoms with Crippen LogP contribution in [0.15, 0.2) is 63.9 Å². The molecular weight excluding hydrogens is 549 g/mol. The third-order valence-electron chi connectivity index (χ3n) is 7.28. The number of aryl methyl sites for hydroxylation is 1. The van der Waals surface area contributed by atoms with E-state index in [1.165, 1.54) is 16.6 Å². The van der Waals surface area contributed by atoms with E-state index in [0.29, 0.717) is 4.47 Å². The molecule has 0 radical (unpaired) electrons. The summed E-state index contributed by atoms with van der Waals surface area (Å²) in [7, 11) is -2.40. The first-order valence-corrected chi connectivity index (χ1v) is 15.3. The summed E-state index contributed by atoms with van der Waals surface area (Å²) in [5.41, 5.74) is 4.38. The number of hydrogen-bond acceptors (Lipinski definition) is 4. The average Bonchev–Trinajstić information content (AvgIpc) is 3.17. The summed E-state index contributed by atoms with van der Waals surface area (Å²) in [6.07, 6.45) is 2.24. The molecule has 0 spiro atoms. The fourth-order valence-corrected chi connectivity index (χ4v) is 10.7. The molecular formula is C28H37BrN5O2P. The second-order valence-corrected chi connectivity index (χ2v) is 15.2. The lowest BCUT2D eigenvalue weighted by Crippen LogP contribution is -2.49. The number of nitro benzene ring substituents is 1. The molecule has 0 bridgehead atoms. The molecule has 2 heterocycles. The smallest absolute Gasteiger partial charge is 0.270 e. The highest BCUT2D eigenvalue weighted by atomic mass is 79.9. The van der Waals surface area contributed by atoms with Crippen LogP contribution < -0.4 is 5.30 Å². The molecule has 198 valence electrons. The van der Waals surface area contributed by atoms with Crippen LogP contribution in [0.1, 0.15) is 39.0 Å². The summed E-state index contributed by atoms with van der Waals surface area (Å²) in [5, 5.41) is 12.5. The van der Waals surface area contributed by atoms with E-state index < -0.39 is 7.21 Å². The van der Waals surface area contributed by atoms with Gasteiger partial charge >= 0.3 is 0 Å². The van der Waals surface area contributed by atoms with Gasteiger partial charge in [-0.15, -0.1) is 0 Å². The SMILES string of the molecule is CCN1CCN([P@](=Nc2ccc([N+](=O)[O-])cc2Br)(c2c(C)cn(-c3ccccc3)c2C)C(C)(C)C)CC1. The van der Waals surface area contributed by atoms with Gasteiger partial charge in [0.2, 0.25) is 0 Å². The van der Waals surface area contributed by atoms with Gasteiger partial charge in [0.25, 0.3) is 5.69 Å². The largest absolute Gasteiger partial charge is 0.320 e. The molecule has 37 heavy (non-hydrogen) atoms. The Morgan fingerprint density at radius 1 is 1.05 bits per heavy atom. The lowest BCUT2D eigenvalue weighted by molar-refractivity contribution is -0.384. The number of halogens is 1. The van der Waals surface area contributed by atoms with Crippen LogP contribution in [-0.2, 0) is 0 Å². The summed E-state index contributed by atoms with van der Waals surface area (Å²) in [6, 6.07) is 15.4. The first-order chi connectivity index (χ1) is 17.5. The number of non-ortho nitro benzene ring substituents is 1. The van der Waals surface area contributed by atoms with Crippen LogP contribution in [0.25, 0.3) is 5.69 Å². The Morgan fingerprint density at radius 3 is 2.24 bits per heavy atom. The Kier molecular flexibility index (Phi) is 8.15. The predicted molar refractivity (Wildman–Crippen MR) is 158 cm³/mol. The number of hydrogen-bond donors (Lipinski definition) is 0. The van der Waals surface area contributed by atoms with Gasteiger partial charge in [-0.3, -0.25) is 14.8 Å². The first-order valence-electron chi connectivity index (χ1n) is 12.8. The van der Waals surface area contributed by atoms with Crippen molar-refractivity contribution in [3.05, 3.63) is 80.6 Å². The van der Waals surface area contributed by atoms with Crippen molar-refractivity contribution in [3.63, 3.8) is 0 Å². The summed E-state index contributed by atoms with van der Waals surface area (Å²) in [4.78, 5) is 13.5. The van der Waals surface area contributed by atoms with Gasteiger partial charge < -0.3 is 9.47 Å². The van der Waals surface area contributed by atoms with Crippen molar-refractivity contribution in [2.45, 2.75) is 46.7 Å². The molecule has 1 fully saturated rings. The minimum Gasteiger partial charge on any atom is -0.320 e. The Balaban J connectivity index is 2.03. The monoisotopic (exact) mass is 585 g/mol. The zero-order valence-corrected chi connectivity index (χ0v) is 25.1. The maximum Gasteiger partial charge on any atom is 0.270 e. The fraction of sp³-hybridized carbons (Fsp3) is 0.429. The first kappa shape index (κ1) is 27.8. The summed E-state index contributed by atoms with van der Waals surface area (Å²) >= 11 is 3.62. The maximum atomic E-state index is 11.4. The standard InChI is InChI=1S/C28H37BrN5O2P/c1-7-31-15-17-32(18-16-31)37(28(4,5)6,30-26-14-13-24(34(35)36)19-25(26)29)27-21(2)20-33(22(27)3)23-11-9-8-10-12-23/h8-14,19-20H,7,15-18H2,1-6H3/t37-/m1/s1. The number of nitro groups is 1. The van der Waals surface area contributed by atoms with Gasteiger partial charge in [0.1, 0.15) is 0 Å². The van der Waals surface area contributed by atoms with Crippen LogP contribution in [0.5, 0.6) is 0 Å². The van der Waals surface area contributed by atoms with Gasteiger partial charge in [-0.05, 0) is 60.1 Å². The molecule has 2 aromatic carbocycles. The molecule has 0 saturated carbocycles. The van der Waals surface area contributed by atoms with Crippen LogP contribution in [-0.4, -0.2) is 56.9 Å². The van der Waals surface area contributed by atoms with E-state index in [9.17, 15) is 10.1 Å². The van der Waals surface area contributed by atoms with Crippen LogP contribution in [0.4, 0.5) is 11.4 Å². The molecule has 4 rings (SSSR count). The van der Waals surface area contributed by atoms with Crippen molar-refractivity contribution in [1.29, 1.82) is 0 Å². The van der Waals surface area contributed by atoms with Crippen LogP contribution in [0, 0.1) is 24.0 Å². The van der Waals surface area contributed by atoms with Gasteiger partial charge in [0.05, 0.1) is 17.8 Å². The highest BCUT2D eigenvalue weighted by Gasteiger charge is 2.45. The minimum absolute atomic E-state index is 0.0599. The van der Waals surface area contributed by atoms with Crippen molar-refractivity contribution in [2.75, 3.05) is 32.7 Å². The lowest BCUT2D eigenvalue weighted by atomic mass is 10.2. The van der Waals surface area contributed by atoms with Gasteiger partial charge in [0, 0.05) is 70.8 Å². The van der Waals surface area contributed by atoms with Crippen molar-refractivity contribution >= 4 is 39.8 Å². The van der Waals surface area contributed by atoms with Gasteiger partial charge in [0.15, 0.2) is 0 Å². The van der Waals surface area contributed by atoms with Crippen LogP contribution in [0.2, 0.25) is 0 Å². The maximum absolute atomic E-state index is 11.4. The van der Waals surface area contributed by atoms with E-state index in [1.54, 1.807) is 18.2 Å². The number of nitrogens with zero attached hydrogens (tertiary/aromatic N) is 5. The molecule has 0 unspecified atom stereocenters. The zero-order valence-electron chi connectivity index (χ0n) is 22.6. The molecule has 1 aliphatic heterocycles. The van der Waals surface area contributed by atoms with E-state index in [0.717, 1.165) is 44.1 Å². The number of aromatic nitrogens is 1. The molecule has 9 heteroatoms. The molecule has 1 atom stereocenters. The second kappa shape index (κ2) is 10.9. The number of benzene rings is 2. The van der Waals surface area contributed by atoms with Gasteiger partial charge in [-0.25, -0.2) is 4.74 Å². The Hall–Kier alpha value is -2.25. The number of rotatable bonds is 6. The Labute approximate surface area is 228 Å². The lowest BCUT2D eigenvalue weighted by Gasteiger charge is -2.49. The van der Waals surface area contributed by atoms with E-state index in [1.807, 2.05) is 6.07 Å². The van der Waals surface area contributed by atoms with Crippen molar-refractivity contribution in [1.82, 2.24) is 14.1 Å². The number of piperazine rings is 1. The van der Waals surface area contributed by atoms with Crippen LogP contribution in [0.3, 0.4) is 0 Å². The predicted octanol–water partition coefficient (Wildman–Crippen LogP) is 7.27. The molecule has 0 amide bonds. The van der Waals surface area contributed by atoms with Gasteiger partial charge in [-0.2, -0.15) is 0 Å². The van der Waals surface area contributed by atoms with E-state index >= 15 is 0 Å². The molecule has 0 N–H and O–H groups in total. The van der Waals surface area contributed by atoms with E-state index in [4.69, 9.17) is 4.74 Å². The number of para-hydroxylation sites is 1. The second-order valence-electron chi connectivity index (χ2n) is 10.6. The Morgan fingerprint density at radius 2 is 1.70 bits per heavy atom. The quantitative estimate of drug-likeness (QED) is 0.173. The van der Waals surface area contributed by atoms with Crippen molar-refractivity contribution in [2.24, 2.45) is 4.74 Å². The highest BCUT2D eigenvalue weighted by Crippen LogP contribution is 2.65. The normalized spacial score (nSPS) is 16.9. The summed E-state index contributed by atoms with van der Waals surface area (Å²) in [5.74, 6) is 0. The van der Waals surface area contributed by atoms with Crippen molar-refractivity contribution < 1.29 is 4.92 Å². The minimum atomic E-state index is -2.40. The van der Waals surface area contributed by atoms with Gasteiger partial charge in [-0.1, -0.05) is 45.9 Å². The molecule has 1 aliphatic rings. The summed E-state index contributed by atoms with van der Waals surface area (Å²) in [6.45, 7) is 18.4. The molecule has 7 nitrogen and oxygen atoms in total. The fourth-order valence-electron chi connectivity index (χ4n) is 5.43. The van der Waals surface area contributed by atoms with E-state index in [-0.39, 0.29) is 15.8 Å². The average molecular weight is 587 g/mol. The van der Waals surface area contributed by atoms with Crippen LogP contribution >= 0.6 is 23.1 Å². The Bertz CT molecular complexity index is 1340. The topological polar surface area (TPSA) is 66.9 Å². The zero-order chi connectivity index (χ0) is 27.0. The molecule has 1 aromatic heterocycles. The molecule has 1 saturated heterocycles.